The topological polar surface area (TPSA) is 52.8 Å². The molecule has 0 amide bonds. The Kier molecular flexibility index (Phi) is 3.48. The summed E-state index contributed by atoms with van der Waals surface area (Å²) < 4.78 is 8.87. The van der Waals surface area contributed by atoms with E-state index in [4.69, 9.17) is 16.3 Å². The number of nitrogens with zero attached hydrogens (tertiary/aromatic N) is 4. The molecule has 0 spiro atoms. The van der Waals surface area contributed by atoms with E-state index in [-0.39, 0.29) is 0 Å². The van der Waals surface area contributed by atoms with Gasteiger partial charge in [0.1, 0.15) is 12.1 Å². The van der Waals surface area contributed by atoms with Crippen LogP contribution in [0.25, 0.3) is 20.8 Å². The van der Waals surface area contributed by atoms with Crippen molar-refractivity contribution in [2.45, 2.75) is 0 Å². The normalized spacial score (nSPS) is 11.0. The number of benzene rings is 1. The first kappa shape index (κ1) is 14.2. The molecule has 114 valence electrons. The summed E-state index contributed by atoms with van der Waals surface area (Å²) >= 11 is 7.51. The smallest absolute Gasteiger partial charge is 0.173 e. The van der Waals surface area contributed by atoms with Crippen molar-refractivity contribution in [1.29, 1.82) is 0 Å². The summed E-state index contributed by atoms with van der Waals surface area (Å²) in [6.45, 7) is 0. The average molecular weight is 343 g/mol. The lowest BCUT2D eigenvalue weighted by molar-refractivity contribution is 0.486. The Morgan fingerprint density at radius 1 is 1.17 bits per heavy atom. The van der Waals surface area contributed by atoms with Crippen LogP contribution in [0.1, 0.15) is 0 Å². The molecule has 3 aromatic heterocycles. The number of thiophene rings is 1. The highest BCUT2D eigenvalue weighted by Crippen LogP contribution is 2.38. The highest BCUT2D eigenvalue weighted by atomic mass is 35.5. The second kappa shape index (κ2) is 5.64. The van der Waals surface area contributed by atoms with Crippen LogP contribution in [0.15, 0.2) is 49.1 Å². The number of halogens is 1. The van der Waals surface area contributed by atoms with Gasteiger partial charge in [-0.15, -0.1) is 21.5 Å². The Bertz CT molecular complexity index is 977. The Morgan fingerprint density at radius 2 is 2.00 bits per heavy atom. The largest absolute Gasteiger partial charge is 0.455 e. The van der Waals surface area contributed by atoms with Gasteiger partial charge in [-0.25, -0.2) is 0 Å². The summed E-state index contributed by atoms with van der Waals surface area (Å²) in [7, 11) is 1.92. The van der Waals surface area contributed by atoms with Crippen LogP contribution in [-0.2, 0) is 7.05 Å². The van der Waals surface area contributed by atoms with Crippen LogP contribution >= 0.6 is 22.9 Å². The lowest BCUT2D eigenvalue weighted by Crippen LogP contribution is -1.88. The third-order valence-corrected chi connectivity index (χ3v) is 4.70. The molecule has 0 bridgehead atoms. The van der Waals surface area contributed by atoms with Crippen molar-refractivity contribution in [1.82, 2.24) is 19.7 Å². The minimum absolute atomic E-state index is 0.675. The highest BCUT2D eigenvalue weighted by molar-refractivity contribution is 7.22. The second-order valence-electron chi connectivity index (χ2n) is 4.98. The first-order chi connectivity index (χ1) is 11.2. The Hall–Kier alpha value is -2.44. The number of pyridine rings is 1. The average Bonchev–Trinajstić information content (AvgIpc) is 3.15. The molecule has 0 atom stereocenters. The molecule has 0 unspecified atom stereocenters. The molecule has 0 N–H and O–H groups in total. The summed E-state index contributed by atoms with van der Waals surface area (Å²) in [5.41, 5.74) is 0. The Morgan fingerprint density at radius 3 is 2.74 bits per heavy atom. The quantitative estimate of drug-likeness (QED) is 0.548. The van der Waals surface area contributed by atoms with Gasteiger partial charge in [0.05, 0.1) is 15.8 Å². The zero-order chi connectivity index (χ0) is 15.8. The number of hydrogen-bond acceptors (Lipinski definition) is 5. The maximum Gasteiger partial charge on any atom is 0.173 e. The number of rotatable bonds is 3. The van der Waals surface area contributed by atoms with Crippen molar-refractivity contribution in [2.24, 2.45) is 7.05 Å². The van der Waals surface area contributed by atoms with E-state index < -0.39 is 0 Å². The van der Waals surface area contributed by atoms with Crippen LogP contribution in [-0.4, -0.2) is 19.7 Å². The van der Waals surface area contributed by atoms with E-state index in [9.17, 15) is 0 Å². The van der Waals surface area contributed by atoms with E-state index in [2.05, 4.69) is 21.2 Å². The van der Waals surface area contributed by atoms with Gasteiger partial charge in [-0.1, -0.05) is 11.6 Å². The molecule has 0 saturated heterocycles. The SMILES string of the molecule is Cn1cnnc1-c1cc2c(Oc3ccc(Cl)cc3)cncc2s1. The molecule has 7 heteroatoms. The van der Waals surface area contributed by atoms with Gasteiger partial charge in [0.25, 0.3) is 0 Å². The third kappa shape index (κ3) is 2.67. The summed E-state index contributed by atoms with van der Waals surface area (Å²) in [6, 6.07) is 9.30. The van der Waals surface area contributed by atoms with E-state index in [1.165, 1.54) is 0 Å². The third-order valence-electron chi connectivity index (χ3n) is 3.38. The molecule has 0 fully saturated rings. The minimum atomic E-state index is 0.675. The van der Waals surface area contributed by atoms with Crippen molar-refractivity contribution in [3.63, 3.8) is 0 Å². The van der Waals surface area contributed by atoms with E-state index in [0.29, 0.717) is 10.8 Å². The van der Waals surface area contributed by atoms with Gasteiger partial charge in [0.15, 0.2) is 11.6 Å². The van der Waals surface area contributed by atoms with Crippen LogP contribution in [0.5, 0.6) is 11.5 Å². The maximum absolute atomic E-state index is 5.95. The first-order valence-corrected chi connectivity index (χ1v) is 8.05. The van der Waals surface area contributed by atoms with Gasteiger partial charge in [0, 0.05) is 23.7 Å². The standard InChI is InChI=1S/C16H11ClN4OS/c1-21-9-19-20-16(21)14-6-12-13(7-18-8-15(12)23-14)22-11-4-2-10(17)3-5-11/h2-9H,1H3. The highest BCUT2D eigenvalue weighted by Gasteiger charge is 2.13. The molecule has 1 aromatic carbocycles. The van der Waals surface area contributed by atoms with Crippen molar-refractivity contribution in [3.05, 3.63) is 54.1 Å². The molecule has 0 radical (unpaired) electrons. The summed E-state index contributed by atoms with van der Waals surface area (Å²) in [4.78, 5) is 5.28. The van der Waals surface area contributed by atoms with Crippen molar-refractivity contribution < 1.29 is 4.74 Å². The van der Waals surface area contributed by atoms with Crippen LogP contribution < -0.4 is 4.74 Å². The predicted molar refractivity (Wildman–Crippen MR) is 91.1 cm³/mol. The van der Waals surface area contributed by atoms with Gasteiger partial charge < -0.3 is 9.30 Å². The fourth-order valence-corrected chi connectivity index (χ4v) is 3.46. The molecule has 23 heavy (non-hydrogen) atoms. The van der Waals surface area contributed by atoms with Crippen LogP contribution in [0.3, 0.4) is 0 Å². The fourth-order valence-electron chi connectivity index (χ4n) is 2.26. The summed E-state index contributed by atoms with van der Waals surface area (Å²) in [5.74, 6) is 2.24. The zero-order valence-electron chi connectivity index (χ0n) is 12.1. The Balaban J connectivity index is 1.77. The van der Waals surface area contributed by atoms with Crippen molar-refractivity contribution in [3.8, 4) is 22.2 Å². The van der Waals surface area contributed by atoms with Gasteiger partial charge in [-0.2, -0.15) is 0 Å². The lowest BCUT2D eigenvalue weighted by Gasteiger charge is -2.06. The number of hydrogen-bond donors (Lipinski definition) is 0. The van der Waals surface area contributed by atoms with Crippen LogP contribution in [0, 0.1) is 0 Å². The number of ether oxygens (including phenoxy) is 1. The van der Waals surface area contributed by atoms with Crippen molar-refractivity contribution in [2.75, 3.05) is 0 Å². The molecule has 4 aromatic rings. The number of aromatic nitrogens is 4. The van der Waals surface area contributed by atoms with Crippen molar-refractivity contribution >= 4 is 33.0 Å². The van der Waals surface area contributed by atoms with Crippen LogP contribution in [0.2, 0.25) is 5.02 Å². The Labute approximate surface area is 141 Å². The first-order valence-electron chi connectivity index (χ1n) is 6.86. The molecular formula is C16H11ClN4OS. The zero-order valence-corrected chi connectivity index (χ0v) is 13.7. The minimum Gasteiger partial charge on any atom is -0.455 e. The molecule has 5 nitrogen and oxygen atoms in total. The molecule has 0 aliphatic rings. The molecule has 3 heterocycles. The summed E-state index contributed by atoms with van der Waals surface area (Å²) in [6.07, 6.45) is 5.22. The molecule has 0 saturated carbocycles. The fraction of sp³-hybridized carbons (Fsp3) is 0.0625. The van der Waals surface area contributed by atoms with E-state index >= 15 is 0 Å². The molecule has 4 rings (SSSR count). The van der Waals surface area contributed by atoms with Gasteiger partial charge in [-0.3, -0.25) is 4.98 Å². The van der Waals surface area contributed by atoms with E-state index in [1.54, 1.807) is 36.0 Å². The second-order valence-corrected chi connectivity index (χ2v) is 6.50. The van der Waals surface area contributed by atoms with Gasteiger partial charge >= 0.3 is 0 Å². The molecule has 0 aliphatic carbocycles. The lowest BCUT2D eigenvalue weighted by atomic mass is 10.2. The number of aryl methyl sites for hydroxylation is 1. The van der Waals surface area contributed by atoms with E-state index in [0.717, 1.165) is 26.5 Å². The monoisotopic (exact) mass is 342 g/mol. The van der Waals surface area contributed by atoms with Gasteiger partial charge in [0.2, 0.25) is 0 Å². The predicted octanol–water partition coefficient (Wildman–Crippen LogP) is 4.54. The van der Waals surface area contributed by atoms with E-state index in [1.807, 2.05) is 29.9 Å². The van der Waals surface area contributed by atoms with Gasteiger partial charge in [-0.05, 0) is 30.3 Å². The van der Waals surface area contributed by atoms with Crippen LogP contribution in [0.4, 0.5) is 0 Å². The molecule has 0 aliphatic heterocycles. The number of fused-ring (bicyclic) bond motifs is 1. The maximum atomic E-state index is 5.95. The molecular weight excluding hydrogens is 332 g/mol. The summed E-state index contributed by atoms with van der Waals surface area (Å²) in [5, 5.41) is 9.75.